The van der Waals surface area contributed by atoms with E-state index in [1.165, 1.54) is 36.9 Å². The molecule has 0 N–H and O–H groups in total. The van der Waals surface area contributed by atoms with Crippen LogP contribution in [0.1, 0.15) is 23.3 Å². The van der Waals surface area contributed by atoms with Crippen molar-refractivity contribution < 1.29 is 13.9 Å². The summed E-state index contributed by atoms with van der Waals surface area (Å²) >= 11 is 0. The molecular weight excluding hydrogens is 353 g/mol. The molecule has 0 radical (unpaired) electrons. The third kappa shape index (κ3) is 4.10. The number of carbonyl (C=O) groups is 1. The summed E-state index contributed by atoms with van der Waals surface area (Å²) in [5, 5.41) is 0. The predicted octanol–water partition coefficient (Wildman–Crippen LogP) is 1.15. The fourth-order valence-corrected chi connectivity index (χ4v) is 3.26. The summed E-state index contributed by atoms with van der Waals surface area (Å²) in [5.74, 6) is -0.163. The summed E-state index contributed by atoms with van der Waals surface area (Å²) in [6.45, 7) is 1.37. The highest BCUT2D eigenvalue weighted by atomic mass is 19.1. The minimum absolute atomic E-state index is 0.0785. The van der Waals surface area contributed by atoms with Gasteiger partial charge in [0.25, 0.3) is 11.5 Å². The number of likely N-dealkylation sites (tertiary alicyclic amines) is 1. The summed E-state index contributed by atoms with van der Waals surface area (Å²) in [7, 11) is 2.85. The van der Waals surface area contributed by atoms with Crippen molar-refractivity contribution in [2.75, 3.05) is 19.7 Å². The molecule has 1 amide bonds. The molecule has 1 aromatic heterocycles. The average molecular weight is 375 g/mol. The van der Waals surface area contributed by atoms with Crippen LogP contribution in [0.5, 0.6) is 5.75 Å². The van der Waals surface area contributed by atoms with Crippen molar-refractivity contribution in [2.45, 2.75) is 12.8 Å². The van der Waals surface area contributed by atoms with E-state index in [0.29, 0.717) is 25.4 Å². The number of ether oxygens (including phenoxy) is 1. The Morgan fingerprint density at radius 2 is 2.00 bits per heavy atom. The van der Waals surface area contributed by atoms with Gasteiger partial charge in [0.05, 0.1) is 6.61 Å². The van der Waals surface area contributed by atoms with Gasteiger partial charge < -0.3 is 9.64 Å². The van der Waals surface area contributed by atoms with Crippen molar-refractivity contribution in [1.82, 2.24) is 14.0 Å². The first-order valence-corrected chi connectivity index (χ1v) is 8.81. The Hall–Kier alpha value is -2.90. The van der Waals surface area contributed by atoms with Gasteiger partial charge in [-0.1, -0.05) is 6.07 Å². The van der Waals surface area contributed by atoms with Crippen LogP contribution in [-0.2, 0) is 14.1 Å². The Morgan fingerprint density at radius 1 is 1.22 bits per heavy atom. The van der Waals surface area contributed by atoms with Crippen molar-refractivity contribution in [2.24, 2.45) is 20.0 Å². The monoisotopic (exact) mass is 375 g/mol. The van der Waals surface area contributed by atoms with Crippen LogP contribution < -0.4 is 16.0 Å². The molecule has 27 heavy (non-hydrogen) atoms. The molecule has 1 saturated heterocycles. The van der Waals surface area contributed by atoms with Crippen LogP contribution in [0, 0.1) is 11.7 Å². The van der Waals surface area contributed by atoms with Crippen molar-refractivity contribution in [3.8, 4) is 5.75 Å². The quantitative estimate of drug-likeness (QED) is 0.804. The number of carbonyl (C=O) groups excluding carboxylic acids is 1. The van der Waals surface area contributed by atoms with Gasteiger partial charge in [-0.25, -0.2) is 9.18 Å². The zero-order chi connectivity index (χ0) is 19.6. The lowest BCUT2D eigenvalue weighted by Crippen LogP contribution is -2.45. The standard InChI is InChI=1S/C19H22FN3O4/c1-21-16(10-17(24)22(2)19(21)26)18(25)23-8-4-5-13(11-23)12-27-15-7-3-6-14(20)9-15/h3,6-7,9-10,13H,4-5,8,11-12H2,1-2H3/t13-/m1/s1. The maximum absolute atomic E-state index is 13.2. The van der Waals surface area contributed by atoms with Gasteiger partial charge in [0.15, 0.2) is 0 Å². The Bertz CT molecular complexity index is 966. The first-order chi connectivity index (χ1) is 12.9. The highest BCUT2D eigenvalue weighted by molar-refractivity contribution is 5.92. The third-order valence-corrected chi connectivity index (χ3v) is 4.83. The van der Waals surface area contributed by atoms with Crippen molar-refractivity contribution >= 4 is 5.91 Å². The van der Waals surface area contributed by atoms with E-state index in [2.05, 4.69) is 0 Å². The number of benzene rings is 1. The molecule has 0 saturated carbocycles. The molecule has 1 aliphatic heterocycles. The first-order valence-electron chi connectivity index (χ1n) is 8.81. The summed E-state index contributed by atoms with van der Waals surface area (Å²) in [6, 6.07) is 7.13. The zero-order valence-electron chi connectivity index (χ0n) is 15.4. The van der Waals surface area contributed by atoms with E-state index in [0.717, 1.165) is 17.4 Å². The number of hydrogen-bond donors (Lipinski definition) is 0. The van der Waals surface area contributed by atoms with Gasteiger partial charge in [-0.05, 0) is 25.0 Å². The number of piperidine rings is 1. The summed E-state index contributed by atoms with van der Waals surface area (Å²) in [4.78, 5) is 38.4. The summed E-state index contributed by atoms with van der Waals surface area (Å²) in [5.41, 5.74) is -0.965. The highest BCUT2D eigenvalue weighted by Gasteiger charge is 2.27. The van der Waals surface area contributed by atoms with Gasteiger partial charge in [0, 0.05) is 45.2 Å². The van der Waals surface area contributed by atoms with E-state index < -0.39 is 11.2 Å². The minimum atomic E-state index is -0.533. The molecule has 8 heteroatoms. The topological polar surface area (TPSA) is 73.5 Å². The second kappa shape index (κ2) is 7.77. The molecule has 2 aromatic rings. The lowest BCUT2D eigenvalue weighted by molar-refractivity contribution is 0.0621. The van der Waals surface area contributed by atoms with E-state index in [1.807, 2.05) is 0 Å². The van der Waals surface area contributed by atoms with Crippen LogP contribution in [0.4, 0.5) is 4.39 Å². The average Bonchev–Trinajstić information content (AvgIpc) is 2.67. The second-order valence-corrected chi connectivity index (χ2v) is 6.80. The molecule has 0 spiro atoms. The molecule has 1 aromatic carbocycles. The number of nitrogens with zero attached hydrogens (tertiary/aromatic N) is 3. The van der Waals surface area contributed by atoms with E-state index in [4.69, 9.17) is 4.74 Å². The van der Waals surface area contributed by atoms with Crippen LogP contribution in [0.3, 0.4) is 0 Å². The largest absolute Gasteiger partial charge is 0.493 e. The molecule has 1 fully saturated rings. The Morgan fingerprint density at radius 3 is 2.74 bits per heavy atom. The van der Waals surface area contributed by atoms with Gasteiger partial charge in [0.2, 0.25) is 0 Å². The second-order valence-electron chi connectivity index (χ2n) is 6.80. The predicted molar refractivity (Wildman–Crippen MR) is 97.4 cm³/mol. The lowest BCUT2D eigenvalue weighted by atomic mass is 9.98. The first kappa shape index (κ1) is 18.9. The van der Waals surface area contributed by atoms with Crippen molar-refractivity contribution in [1.29, 1.82) is 0 Å². The molecule has 0 aliphatic carbocycles. The van der Waals surface area contributed by atoms with E-state index >= 15 is 0 Å². The van der Waals surface area contributed by atoms with Crippen LogP contribution in [0.2, 0.25) is 0 Å². The Labute approximate surface area is 155 Å². The Kier molecular flexibility index (Phi) is 5.43. The fraction of sp³-hybridized carbons (Fsp3) is 0.421. The number of hydrogen-bond acceptors (Lipinski definition) is 4. The van der Waals surface area contributed by atoms with Crippen LogP contribution in [0.15, 0.2) is 39.9 Å². The highest BCUT2D eigenvalue weighted by Crippen LogP contribution is 2.20. The molecule has 0 unspecified atom stereocenters. The molecule has 3 rings (SSSR count). The van der Waals surface area contributed by atoms with Gasteiger partial charge >= 0.3 is 5.69 Å². The molecule has 0 bridgehead atoms. The number of halogens is 1. The molecule has 144 valence electrons. The lowest BCUT2D eigenvalue weighted by Gasteiger charge is -2.33. The molecule has 1 aliphatic rings. The van der Waals surface area contributed by atoms with Crippen LogP contribution in [0.25, 0.3) is 0 Å². The molecule has 1 atom stereocenters. The van der Waals surface area contributed by atoms with Crippen molar-refractivity contribution in [3.05, 3.63) is 62.7 Å². The van der Waals surface area contributed by atoms with E-state index in [-0.39, 0.29) is 23.3 Å². The van der Waals surface area contributed by atoms with Crippen LogP contribution in [-0.4, -0.2) is 39.6 Å². The van der Waals surface area contributed by atoms with Crippen LogP contribution >= 0.6 is 0 Å². The smallest absolute Gasteiger partial charge is 0.331 e. The molecule has 7 nitrogen and oxygen atoms in total. The zero-order valence-corrected chi connectivity index (χ0v) is 15.4. The maximum atomic E-state index is 13.2. The summed E-state index contributed by atoms with van der Waals surface area (Å²) < 4.78 is 21.0. The SMILES string of the molecule is Cn1c(C(=O)N2CCC[C@@H](COc3cccc(F)c3)C2)cc(=O)n(C)c1=O. The van der Waals surface area contributed by atoms with Gasteiger partial charge in [-0.2, -0.15) is 0 Å². The van der Waals surface area contributed by atoms with Gasteiger partial charge in [0.1, 0.15) is 17.3 Å². The molecule has 2 heterocycles. The van der Waals surface area contributed by atoms with Gasteiger partial charge in [-0.3, -0.25) is 18.7 Å². The number of aromatic nitrogens is 2. The number of amides is 1. The van der Waals surface area contributed by atoms with Crippen molar-refractivity contribution in [3.63, 3.8) is 0 Å². The molecular formula is C19H22FN3O4. The fourth-order valence-electron chi connectivity index (χ4n) is 3.26. The Balaban J connectivity index is 1.70. The van der Waals surface area contributed by atoms with Gasteiger partial charge in [-0.15, -0.1) is 0 Å². The maximum Gasteiger partial charge on any atom is 0.331 e. The third-order valence-electron chi connectivity index (χ3n) is 4.83. The van der Waals surface area contributed by atoms with E-state index in [1.54, 1.807) is 17.0 Å². The summed E-state index contributed by atoms with van der Waals surface area (Å²) in [6.07, 6.45) is 1.68. The van der Waals surface area contributed by atoms with E-state index in [9.17, 15) is 18.8 Å². The minimum Gasteiger partial charge on any atom is -0.493 e. The number of rotatable bonds is 4. The normalized spacial score (nSPS) is 17.0.